The van der Waals surface area contributed by atoms with Crippen molar-refractivity contribution in [2.45, 2.75) is 26.0 Å². The Kier molecular flexibility index (Phi) is 6.18. The third kappa shape index (κ3) is 5.13. The summed E-state index contributed by atoms with van der Waals surface area (Å²) >= 11 is 3.39. The number of hydrogen-bond donors (Lipinski definition) is 1. The fraction of sp³-hybridized carbons (Fsp3) is 0.211. The van der Waals surface area contributed by atoms with E-state index in [4.69, 9.17) is 9.26 Å². The molecule has 0 aliphatic carbocycles. The van der Waals surface area contributed by atoms with Gasteiger partial charge in [-0.15, -0.1) is 0 Å². The summed E-state index contributed by atoms with van der Waals surface area (Å²) in [5, 5.41) is 6.64. The van der Waals surface area contributed by atoms with Crippen LogP contribution in [-0.2, 0) is 11.3 Å². The van der Waals surface area contributed by atoms with Gasteiger partial charge in [-0.25, -0.2) is 4.39 Å². The van der Waals surface area contributed by atoms with E-state index in [1.165, 1.54) is 24.3 Å². The van der Waals surface area contributed by atoms with Gasteiger partial charge >= 0.3 is 0 Å². The highest BCUT2D eigenvalue weighted by Gasteiger charge is 2.19. The lowest BCUT2D eigenvalue weighted by Crippen LogP contribution is -2.37. The number of halogens is 2. The van der Waals surface area contributed by atoms with E-state index in [9.17, 15) is 9.18 Å². The summed E-state index contributed by atoms with van der Waals surface area (Å²) in [7, 11) is 0. The summed E-state index contributed by atoms with van der Waals surface area (Å²) in [6, 6.07) is 13.0. The van der Waals surface area contributed by atoms with Gasteiger partial charge in [0.15, 0.2) is 6.10 Å². The number of carbonyl (C=O) groups is 1. The molecule has 3 aromatic rings. The number of ether oxygens (including phenoxy) is 1. The number of benzene rings is 2. The molecule has 0 aliphatic rings. The first kappa shape index (κ1) is 19.0. The molecule has 0 saturated carbocycles. The summed E-state index contributed by atoms with van der Waals surface area (Å²) < 4.78 is 24.7. The predicted molar refractivity (Wildman–Crippen MR) is 100 cm³/mol. The molecule has 0 saturated heterocycles. The minimum Gasteiger partial charge on any atom is -0.481 e. The number of nitrogens with zero attached hydrogens (tertiary/aromatic N) is 2. The van der Waals surface area contributed by atoms with Crippen molar-refractivity contribution in [3.05, 3.63) is 64.7 Å². The van der Waals surface area contributed by atoms with Gasteiger partial charge in [-0.05, 0) is 42.8 Å². The van der Waals surface area contributed by atoms with Gasteiger partial charge in [0.05, 0.1) is 6.54 Å². The molecule has 6 nitrogen and oxygen atoms in total. The third-order valence-electron chi connectivity index (χ3n) is 3.72. The first-order chi connectivity index (χ1) is 13.0. The Hall–Kier alpha value is -2.74. The lowest BCUT2D eigenvalue weighted by Gasteiger charge is -2.16. The molecule has 27 heavy (non-hydrogen) atoms. The number of rotatable bonds is 7. The van der Waals surface area contributed by atoms with Crippen molar-refractivity contribution in [2.24, 2.45) is 0 Å². The van der Waals surface area contributed by atoms with Gasteiger partial charge in [0.25, 0.3) is 5.91 Å². The summed E-state index contributed by atoms with van der Waals surface area (Å²) in [5.41, 5.74) is 0.803. The monoisotopic (exact) mass is 433 g/mol. The van der Waals surface area contributed by atoms with E-state index >= 15 is 0 Å². The van der Waals surface area contributed by atoms with Crippen molar-refractivity contribution in [1.29, 1.82) is 0 Å². The van der Waals surface area contributed by atoms with Crippen LogP contribution in [0.1, 0.15) is 19.2 Å². The first-order valence-corrected chi connectivity index (χ1v) is 9.13. The van der Waals surface area contributed by atoms with Gasteiger partial charge in [0, 0.05) is 10.0 Å². The van der Waals surface area contributed by atoms with Crippen LogP contribution < -0.4 is 10.1 Å². The largest absolute Gasteiger partial charge is 0.481 e. The standard InChI is InChI=1S/C19H17BrFN3O3/c1-2-16(26-15-8-6-14(21)7-9-15)19(25)22-11-17-23-18(24-27-17)12-4-3-5-13(20)10-12/h3-10,16H,2,11H2,1H3,(H,22,25)/t16-/m0/s1. The van der Waals surface area contributed by atoms with Crippen LogP contribution in [0, 0.1) is 5.82 Å². The molecule has 1 amide bonds. The summed E-state index contributed by atoms with van der Waals surface area (Å²) in [6.07, 6.45) is -0.251. The maximum Gasteiger partial charge on any atom is 0.261 e. The van der Waals surface area contributed by atoms with E-state index in [-0.39, 0.29) is 24.2 Å². The third-order valence-corrected chi connectivity index (χ3v) is 4.21. The molecule has 0 aliphatic heterocycles. The zero-order chi connectivity index (χ0) is 19.2. The van der Waals surface area contributed by atoms with Crippen LogP contribution in [-0.4, -0.2) is 22.2 Å². The first-order valence-electron chi connectivity index (χ1n) is 8.33. The Labute approximate surface area is 163 Å². The zero-order valence-corrected chi connectivity index (χ0v) is 16.1. The quantitative estimate of drug-likeness (QED) is 0.606. The van der Waals surface area contributed by atoms with Crippen molar-refractivity contribution in [3.8, 4) is 17.1 Å². The Morgan fingerprint density at radius 1 is 1.30 bits per heavy atom. The summed E-state index contributed by atoms with van der Waals surface area (Å²) in [4.78, 5) is 16.6. The highest BCUT2D eigenvalue weighted by molar-refractivity contribution is 9.10. The number of carbonyl (C=O) groups excluding carboxylic acids is 1. The van der Waals surface area contributed by atoms with Gasteiger partial charge in [0.2, 0.25) is 11.7 Å². The molecule has 1 heterocycles. The number of amides is 1. The Morgan fingerprint density at radius 2 is 2.07 bits per heavy atom. The van der Waals surface area contributed by atoms with Gasteiger partial charge in [-0.3, -0.25) is 4.79 Å². The fourth-order valence-corrected chi connectivity index (χ4v) is 2.75. The Morgan fingerprint density at radius 3 is 2.78 bits per heavy atom. The SMILES string of the molecule is CC[C@H](Oc1ccc(F)cc1)C(=O)NCc1nc(-c2cccc(Br)c2)no1. The van der Waals surface area contributed by atoms with Crippen LogP contribution in [0.4, 0.5) is 4.39 Å². The average molecular weight is 434 g/mol. The number of nitrogens with one attached hydrogen (secondary N) is 1. The highest BCUT2D eigenvalue weighted by atomic mass is 79.9. The molecule has 0 unspecified atom stereocenters. The molecule has 0 bridgehead atoms. The van der Waals surface area contributed by atoms with Crippen LogP contribution in [0.15, 0.2) is 57.5 Å². The van der Waals surface area contributed by atoms with Crippen LogP contribution >= 0.6 is 15.9 Å². The van der Waals surface area contributed by atoms with Crippen molar-refractivity contribution < 1.29 is 18.4 Å². The van der Waals surface area contributed by atoms with Crippen molar-refractivity contribution >= 4 is 21.8 Å². The van der Waals surface area contributed by atoms with Gasteiger partial charge in [-0.1, -0.05) is 40.1 Å². The fourth-order valence-electron chi connectivity index (χ4n) is 2.35. The molecule has 2 aromatic carbocycles. The summed E-state index contributed by atoms with van der Waals surface area (Å²) in [6.45, 7) is 1.91. The van der Waals surface area contributed by atoms with Gasteiger partial charge in [-0.2, -0.15) is 4.98 Å². The predicted octanol–water partition coefficient (Wildman–Crippen LogP) is 4.11. The molecule has 0 spiro atoms. The molecular formula is C19H17BrFN3O3. The van der Waals surface area contributed by atoms with Crippen LogP contribution in [0.3, 0.4) is 0 Å². The Bertz CT molecular complexity index is 915. The molecule has 1 atom stereocenters. The van der Waals surface area contributed by atoms with E-state index in [0.717, 1.165) is 10.0 Å². The second-order valence-corrected chi connectivity index (χ2v) is 6.62. The number of aromatic nitrogens is 2. The van der Waals surface area contributed by atoms with E-state index in [1.54, 1.807) is 0 Å². The van der Waals surface area contributed by atoms with Crippen LogP contribution in [0.25, 0.3) is 11.4 Å². The molecule has 8 heteroatoms. The molecule has 0 fully saturated rings. The smallest absolute Gasteiger partial charge is 0.261 e. The van der Waals surface area contributed by atoms with Crippen LogP contribution in [0.2, 0.25) is 0 Å². The van der Waals surface area contributed by atoms with Crippen LogP contribution in [0.5, 0.6) is 5.75 Å². The van der Waals surface area contributed by atoms with Crippen molar-refractivity contribution in [3.63, 3.8) is 0 Å². The topological polar surface area (TPSA) is 77.2 Å². The summed E-state index contributed by atoms with van der Waals surface area (Å²) in [5.74, 6) is 0.472. The average Bonchev–Trinajstić information content (AvgIpc) is 3.15. The molecule has 1 aromatic heterocycles. The van der Waals surface area contributed by atoms with Gasteiger partial charge < -0.3 is 14.6 Å². The Balaban J connectivity index is 1.58. The van der Waals surface area contributed by atoms with Crippen molar-refractivity contribution in [2.75, 3.05) is 0 Å². The molecule has 3 rings (SSSR count). The van der Waals surface area contributed by atoms with E-state index in [1.807, 2.05) is 31.2 Å². The van der Waals surface area contributed by atoms with E-state index in [0.29, 0.717) is 18.0 Å². The van der Waals surface area contributed by atoms with E-state index in [2.05, 4.69) is 31.4 Å². The van der Waals surface area contributed by atoms with Gasteiger partial charge in [0.1, 0.15) is 11.6 Å². The second kappa shape index (κ2) is 8.77. The molecular weight excluding hydrogens is 417 g/mol. The molecule has 1 N–H and O–H groups in total. The normalized spacial score (nSPS) is 11.8. The maximum atomic E-state index is 13.0. The minimum atomic E-state index is -0.706. The van der Waals surface area contributed by atoms with Crippen molar-refractivity contribution in [1.82, 2.24) is 15.5 Å². The maximum absolute atomic E-state index is 13.0. The minimum absolute atomic E-state index is 0.0864. The zero-order valence-electron chi connectivity index (χ0n) is 14.5. The highest BCUT2D eigenvalue weighted by Crippen LogP contribution is 2.20. The van der Waals surface area contributed by atoms with E-state index < -0.39 is 6.10 Å². The lowest BCUT2D eigenvalue weighted by atomic mass is 10.2. The number of hydrogen-bond acceptors (Lipinski definition) is 5. The lowest BCUT2D eigenvalue weighted by molar-refractivity contribution is -0.128. The second-order valence-electron chi connectivity index (χ2n) is 5.71. The molecule has 0 radical (unpaired) electrons. The molecule has 140 valence electrons.